The van der Waals surface area contributed by atoms with E-state index in [2.05, 4.69) is 77.1 Å². The second-order valence-electron chi connectivity index (χ2n) is 7.06. The van der Waals surface area contributed by atoms with Gasteiger partial charge in [0.1, 0.15) is 0 Å². The highest BCUT2D eigenvalue weighted by Crippen LogP contribution is 2.19. The smallest absolute Gasteiger partial charge is 0.191 e. The monoisotopic (exact) mass is 508 g/mol. The van der Waals surface area contributed by atoms with E-state index >= 15 is 0 Å². The average molecular weight is 508 g/mol. The van der Waals surface area contributed by atoms with Gasteiger partial charge in [0.05, 0.1) is 13.2 Å². The lowest BCUT2D eigenvalue weighted by Gasteiger charge is -2.20. The highest BCUT2D eigenvalue weighted by atomic mass is 127. The number of guanidine groups is 1. The first kappa shape index (κ1) is 23.5. The molecule has 158 valence electrons. The lowest BCUT2D eigenvalue weighted by Crippen LogP contribution is -2.44. The molecule has 3 rings (SSSR count). The molecule has 5 nitrogen and oxygen atoms in total. The maximum atomic E-state index is 5.45. The summed E-state index contributed by atoms with van der Waals surface area (Å²) in [7, 11) is 0. The van der Waals surface area contributed by atoms with Crippen LogP contribution in [0.5, 0.6) is 0 Å². The predicted octanol–water partition coefficient (Wildman–Crippen LogP) is 4.18. The summed E-state index contributed by atoms with van der Waals surface area (Å²) >= 11 is 0. The Balaban J connectivity index is 0.00000300. The molecule has 6 heteroatoms. The summed E-state index contributed by atoms with van der Waals surface area (Å²) in [5, 5.41) is 6.98. The van der Waals surface area contributed by atoms with Gasteiger partial charge >= 0.3 is 0 Å². The third-order valence-corrected chi connectivity index (χ3v) is 4.91. The summed E-state index contributed by atoms with van der Waals surface area (Å²) in [6.07, 6.45) is 1.12. The molecular weight excluding hydrogens is 475 g/mol. The fourth-order valence-electron chi connectivity index (χ4n) is 3.40. The molecule has 2 aromatic rings. The summed E-state index contributed by atoms with van der Waals surface area (Å²) in [6.45, 7) is 9.12. The van der Waals surface area contributed by atoms with Gasteiger partial charge in [0.25, 0.3) is 0 Å². The molecule has 0 aliphatic carbocycles. The summed E-state index contributed by atoms with van der Waals surface area (Å²) in [5.74, 6) is 0.890. The highest BCUT2D eigenvalue weighted by Gasteiger charge is 2.23. The fraction of sp³-hybridized carbons (Fsp3) is 0.435. The van der Waals surface area contributed by atoms with E-state index < -0.39 is 0 Å². The maximum Gasteiger partial charge on any atom is 0.191 e. The number of anilines is 1. The summed E-state index contributed by atoms with van der Waals surface area (Å²) < 4.78 is 5.45. The number of aliphatic imine (C=N–C) groups is 1. The first-order valence-electron chi connectivity index (χ1n) is 10.3. The number of hydrogen-bond acceptors (Lipinski definition) is 3. The Morgan fingerprint density at radius 3 is 2.48 bits per heavy atom. The Kier molecular flexibility index (Phi) is 10.3. The Morgan fingerprint density at radius 2 is 1.79 bits per heavy atom. The van der Waals surface area contributed by atoms with Gasteiger partial charge in [0, 0.05) is 38.0 Å². The molecule has 1 heterocycles. The molecule has 0 aromatic heterocycles. The first-order valence-corrected chi connectivity index (χ1v) is 10.3. The maximum absolute atomic E-state index is 5.45. The van der Waals surface area contributed by atoms with Gasteiger partial charge < -0.3 is 20.3 Å². The number of benzene rings is 2. The molecule has 0 saturated carbocycles. The molecule has 1 fully saturated rings. The van der Waals surface area contributed by atoms with Crippen LogP contribution >= 0.6 is 24.0 Å². The van der Waals surface area contributed by atoms with E-state index in [9.17, 15) is 0 Å². The van der Waals surface area contributed by atoms with E-state index in [1.165, 1.54) is 16.8 Å². The lowest BCUT2D eigenvalue weighted by atomic mass is 10.1. The van der Waals surface area contributed by atoms with Crippen molar-refractivity contribution < 1.29 is 4.74 Å². The number of nitrogens with one attached hydrogen (secondary N) is 2. The molecule has 1 unspecified atom stereocenters. The van der Waals surface area contributed by atoms with Crippen molar-refractivity contribution in [3.05, 3.63) is 65.7 Å². The molecule has 1 aliphatic heterocycles. The van der Waals surface area contributed by atoms with Crippen molar-refractivity contribution in [2.45, 2.75) is 39.5 Å². The zero-order chi connectivity index (χ0) is 19.6. The Morgan fingerprint density at radius 1 is 1.07 bits per heavy atom. The largest absolute Gasteiger partial charge is 0.377 e. The van der Waals surface area contributed by atoms with Gasteiger partial charge in [-0.1, -0.05) is 42.5 Å². The minimum Gasteiger partial charge on any atom is -0.377 e. The minimum absolute atomic E-state index is 0. The van der Waals surface area contributed by atoms with E-state index in [1.54, 1.807) is 0 Å². The number of para-hydroxylation sites is 1. The van der Waals surface area contributed by atoms with Gasteiger partial charge in [0.2, 0.25) is 0 Å². The van der Waals surface area contributed by atoms with Crippen LogP contribution in [0.15, 0.2) is 59.6 Å². The number of halogens is 1. The molecule has 0 amide bonds. The quantitative estimate of drug-likeness (QED) is 0.319. The van der Waals surface area contributed by atoms with Gasteiger partial charge in [-0.05, 0) is 43.5 Å². The Labute approximate surface area is 192 Å². The van der Waals surface area contributed by atoms with Gasteiger partial charge in [-0.3, -0.25) is 0 Å². The Hall–Kier alpha value is -1.80. The van der Waals surface area contributed by atoms with E-state index in [4.69, 9.17) is 9.73 Å². The van der Waals surface area contributed by atoms with Crippen LogP contribution in [0.3, 0.4) is 0 Å². The fourth-order valence-corrected chi connectivity index (χ4v) is 3.40. The Bertz CT molecular complexity index is 736. The van der Waals surface area contributed by atoms with Gasteiger partial charge in [0.15, 0.2) is 5.96 Å². The van der Waals surface area contributed by atoms with Crippen molar-refractivity contribution in [3.63, 3.8) is 0 Å². The molecule has 1 saturated heterocycles. The zero-order valence-corrected chi connectivity index (χ0v) is 19.8. The van der Waals surface area contributed by atoms with Crippen LogP contribution in [-0.2, 0) is 17.9 Å². The molecular formula is C23H33IN4O. The van der Waals surface area contributed by atoms with Crippen LogP contribution < -0.4 is 15.5 Å². The number of nitrogens with zero attached hydrogens (tertiary/aromatic N) is 2. The summed E-state index contributed by atoms with van der Waals surface area (Å²) in [6, 6.07) is 19.5. The number of ether oxygens (including phenoxy) is 1. The van der Waals surface area contributed by atoms with Crippen molar-refractivity contribution in [2.75, 3.05) is 31.1 Å². The summed E-state index contributed by atoms with van der Waals surface area (Å²) in [5.41, 5.74) is 3.70. The zero-order valence-electron chi connectivity index (χ0n) is 17.4. The molecule has 0 spiro atoms. The number of rotatable bonds is 8. The molecule has 2 aromatic carbocycles. The number of hydrogen-bond donors (Lipinski definition) is 2. The standard InChI is InChI=1S/C23H32N4O.HI/c1-3-24-23(25-16-19-10-12-20(13-11-19)18-28-4-2)26-21-14-15-27(17-21)22-8-6-5-7-9-22;/h5-13,21H,3-4,14-18H2,1-2H3,(H2,24,25,26);1H. The van der Waals surface area contributed by atoms with E-state index in [1.807, 2.05) is 6.92 Å². The van der Waals surface area contributed by atoms with Crippen LogP contribution in [-0.4, -0.2) is 38.2 Å². The van der Waals surface area contributed by atoms with Crippen molar-refractivity contribution >= 4 is 35.6 Å². The van der Waals surface area contributed by atoms with Crippen LogP contribution in [0.1, 0.15) is 31.4 Å². The van der Waals surface area contributed by atoms with Gasteiger partial charge in [-0.15, -0.1) is 24.0 Å². The second-order valence-corrected chi connectivity index (χ2v) is 7.06. The molecule has 1 atom stereocenters. The van der Waals surface area contributed by atoms with Gasteiger partial charge in [-0.25, -0.2) is 4.99 Å². The van der Waals surface area contributed by atoms with Crippen LogP contribution in [0.4, 0.5) is 5.69 Å². The molecule has 0 radical (unpaired) electrons. The topological polar surface area (TPSA) is 48.9 Å². The van der Waals surface area contributed by atoms with Crippen LogP contribution in [0.25, 0.3) is 0 Å². The first-order chi connectivity index (χ1) is 13.8. The minimum atomic E-state index is 0. The molecule has 2 N–H and O–H groups in total. The third-order valence-electron chi connectivity index (χ3n) is 4.91. The SMILES string of the molecule is CCNC(=NCc1ccc(COCC)cc1)NC1CCN(c2ccccc2)C1.I. The summed E-state index contributed by atoms with van der Waals surface area (Å²) in [4.78, 5) is 7.21. The predicted molar refractivity (Wildman–Crippen MR) is 132 cm³/mol. The van der Waals surface area contributed by atoms with E-state index in [0.717, 1.165) is 38.6 Å². The second kappa shape index (κ2) is 12.7. The highest BCUT2D eigenvalue weighted by molar-refractivity contribution is 14.0. The lowest BCUT2D eigenvalue weighted by molar-refractivity contribution is 0.134. The van der Waals surface area contributed by atoms with Gasteiger partial charge in [-0.2, -0.15) is 0 Å². The molecule has 1 aliphatic rings. The van der Waals surface area contributed by atoms with E-state index in [0.29, 0.717) is 19.2 Å². The van der Waals surface area contributed by atoms with E-state index in [-0.39, 0.29) is 24.0 Å². The van der Waals surface area contributed by atoms with Crippen LogP contribution in [0.2, 0.25) is 0 Å². The van der Waals surface area contributed by atoms with Crippen molar-refractivity contribution in [2.24, 2.45) is 4.99 Å². The third kappa shape index (κ3) is 7.51. The van der Waals surface area contributed by atoms with Crippen molar-refractivity contribution in [1.29, 1.82) is 0 Å². The van der Waals surface area contributed by atoms with Crippen molar-refractivity contribution in [3.8, 4) is 0 Å². The van der Waals surface area contributed by atoms with Crippen molar-refractivity contribution in [1.82, 2.24) is 10.6 Å². The molecule has 0 bridgehead atoms. The van der Waals surface area contributed by atoms with Crippen LogP contribution in [0, 0.1) is 0 Å². The normalized spacial score (nSPS) is 16.4. The average Bonchev–Trinajstić information content (AvgIpc) is 3.20. The molecule has 29 heavy (non-hydrogen) atoms.